The molecule has 0 bridgehead atoms. The van der Waals surface area contributed by atoms with E-state index in [4.69, 9.17) is 11.6 Å². The normalized spacial score (nSPS) is 12.0. The topological polar surface area (TPSA) is 66.4 Å². The fraction of sp³-hybridized carbons (Fsp3) is 0.467. The average Bonchev–Trinajstić information content (AvgIpc) is 2.43. The van der Waals surface area contributed by atoms with Gasteiger partial charge in [-0.1, -0.05) is 38.3 Å². The Hall–Kier alpha value is -1.20. The van der Waals surface area contributed by atoms with E-state index < -0.39 is 12.0 Å². The fourth-order valence-electron chi connectivity index (χ4n) is 1.86. The van der Waals surface area contributed by atoms with Crippen molar-refractivity contribution < 1.29 is 14.7 Å². The van der Waals surface area contributed by atoms with Gasteiger partial charge in [-0.15, -0.1) is 11.8 Å². The Balaban J connectivity index is 2.89. The van der Waals surface area contributed by atoms with E-state index in [-0.39, 0.29) is 5.91 Å². The van der Waals surface area contributed by atoms with Gasteiger partial charge in [0.05, 0.1) is 5.56 Å². The van der Waals surface area contributed by atoms with E-state index in [0.717, 1.165) is 23.5 Å². The van der Waals surface area contributed by atoms with Crippen LogP contribution in [0.5, 0.6) is 0 Å². The van der Waals surface area contributed by atoms with Gasteiger partial charge in [0, 0.05) is 9.92 Å². The zero-order chi connectivity index (χ0) is 15.8. The number of hydrogen-bond acceptors (Lipinski definition) is 3. The number of carbonyl (C=O) groups excluding carboxylic acids is 1. The Morgan fingerprint density at radius 3 is 2.67 bits per heavy atom. The molecule has 4 nitrogen and oxygen atoms in total. The van der Waals surface area contributed by atoms with Gasteiger partial charge in [-0.3, -0.25) is 4.79 Å². The molecule has 1 aromatic rings. The molecule has 0 radical (unpaired) electrons. The predicted octanol–water partition coefficient (Wildman–Crippen LogP) is 3.83. The third kappa shape index (κ3) is 5.59. The molecule has 2 N–H and O–H groups in total. The van der Waals surface area contributed by atoms with Crippen molar-refractivity contribution in [1.29, 1.82) is 0 Å². The number of unbranched alkanes of at least 4 members (excludes halogenated alkanes) is 1. The van der Waals surface area contributed by atoms with Crippen LogP contribution in [-0.2, 0) is 4.79 Å². The van der Waals surface area contributed by atoms with E-state index in [9.17, 15) is 14.7 Å². The highest BCUT2D eigenvalue weighted by atomic mass is 35.5. The van der Waals surface area contributed by atoms with Crippen LogP contribution >= 0.6 is 23.4 Å². The Bertz CT molecular complexity index is 508. The van der Waals surface area contributed by atoms with Crippen molar-refractivity contribution in [2.75, 3.05) is 5.75 Å². The Kier molecular flexibility index (Phi) is 7.61. The lowest BCUT2D eigenvalue weighted by atomic mass is 10.1. The number of amides is 1. The number of halogens is 1. The maximum Gasteiger partial charge on any atom is 0.326 e. The molecule has 1 aromatic carbocycles. The second kappa shape index (κ2) is 8.95. The lowest BCUT2D eigenvalue weighted by Gasteiger charge is -2.15. The zero-order valence-corrected chi connectivity index (χ0v) is 13.8. The van der Waals surface area contributed by atoms with E-state index in [1.807, 2.05) is 13.8 Å². The first-order valence-electron chi connectivity index (χ1n) is 6.95. The van der Waals surface area contributed by atoms with Crippen LogP contribution in [0.2, 0.25) is 5.02 Å². The number of hydrogen-bond donors (Lipinski definition) is 2. The van der Waals surface area contributed by atoms with Crippen molar-refractivity contribution in [2.24, 2.45) is 0 Å². The third-order valence-electron chi connectivity index (χ3n) is 2.94. The number of carboxylic acids is 1. The standard InChI is InChI=1S/C15H20ClNO3S/c1-3-5-6-12(15(19)20)17-14(18)11-8-7-10(16)9-13(11)21-4-2/h7-9,12H,3-6H2,1-2H3,(H,17,18)(H,19,20). The molecule has 0 heterocycles. The predicted molar refractivity (Wildman–Crippen MR) is 86.3 cm³/mol. The van der Waals surface area contributed by atoms with Gasteiger partial charge < -0.3 is 10.4 Å². The maximum absolute atomic E-state index is 12.3. The van der Waals surface area contributed by atoms with Gasteiger partial charge in [0.1, 0.15) is 6.04 Å². The largest absolute Gasteiger partial charge is 0.480 e. The third-order valence-corrected chi connectivity index (χ3v) is 4.11. The molecule has 0 saturated heterocycles. The van der Waals surface area contributed by atoms with Crippen molar-refractivity contribution >= 4 is 35.2 Å². The van der Waals surface area contributed by atoms with Crippen LogP contribution < -0.4 is 5.32 Å². The fourth-order valence-corrected chi connectivity index (χ4v) is 2.93. The van der Waals surface area contributed by atoms with Gasteiger partial charge in [-0.05, 0) is 30.4 Å². The number of rotatable bonds is 8. The SMILES string of the molecule is CCCCC(NC(=O)c1ccc(Cl)cc1SCC)C(=O)O. The molecule has 1 rings (SSSR count). The van der Waals surface area contributed by atoms with E-state index in [1.54, 1.807) is 18.2 Å². The van der Waals surface area contributed by atoms with Gasteiger partial charge >= 0.3 is 5.97 Å². The maximum atomic E-state index is 12.3. The Labute approximate surface area is 134 Å². The molecular weight excluding hydrogens is 310 g/mol. The molecule has 1 atom stereocenters. The molecule has 0 fully saturated rings. The zero-order valence-electron chi connectivity index (χ0n) is 12.2. The highest BCUT2D eigenvalue weighted by molar-refractivity contribution is 7.99. The summed E-state index contributed by atoms with van der Waals surface area (Å²) in [4.78, 5) is 24.3. The van der Waals surface area contributed by atoms with Gasteiger partial charge in [0.2, 0.25) is 0 Å². The van der Waals surface area contributed by atoms with Crippen molar-refractivity contribution in [3.8, 4) is 0 Å². The van der Waals surface area contributed by atoms with Gasteiger partial charge in [-0.2, -0.15) is 0 Å². The minimum atomic E-state index is -1.00. The van der Waals surface area contributed by atoms with Crippen molar-refractivity contribution in [3.63, 3.8) is 0 Å². The second-order valence-corrected chi connectivity index (χ2v) is 6.32. The van der Waals surface area contributed by atoms with Gasteiger partial charge in [-0.25, -0.2) is 4.79 Å². The molecule has 116 valence electrons. The number of thioether (sulfide) groups is 1. The monoisotopic (exact) mass is 329 g/mol. The minimum Gasteiger partial charge on any atom is -0.480 e. The average molecular weight is 330 g/mol. The van der Waals surface area contributed by atoms with E-state index >= 15 is 0 Å². The lowest BCUT2D eigenvalue weighted by molar-refractivity contribution is -0.139. The Morgan fingerprint density at radius 2 is 2.10 bits per heavy atom. The van der Waals surface area contributed by atoms with Crippen LogP contribution in [-0.4, -0.2) is 28.8 Å². The summed E-state index contributed by atoms with van der Waals surface area (Å²) in [5.74, 6) is -0.569. The lowest BCUT2D eigenvalue weighted by Crippen LogP contribution is -2.40. The smallest absolute Gasteiger partial charge is 0.326 e. The molecule has 6 heteroatoms. The van der Waals surface area contributed by atoms with Crippen LogP contribution in [0, 0.1) is 0 Å². The van der Waals surface area contributed by atoms with E-state index in [0.29, 0.717) is 17.0 Å². The number of benzene rings is 1. The first-order valence-corrected chi connectivity index (χ1v) is 8.32. The number of nitrogens with one attached hydrogen (secondary N) is 1. The molecule has 0 aliphatic carbocycles. The summed E-state index contributed by atoms with van der Waals surface area (Å²) >= 11 is 7.45. The summed E-state index contributed by atoms with van der Waals surface area (Å²) in [6, 6.07) is 4.14. The molecule has 1 unspecified atom stereocenters. The van der Waals surface area contributed by atoms with Crippen LogP contribution in [0.15, 0.2) is 23.1 Å². The number of aliphatic carboxylic acids is 1. The summed E-state index contributed by atoms with van der Waals surface area (Å²) in [5.41, 5.74) is 0.467. The quantitative estimate of drug-likeness (QED) is 0.711. The van der Waals surface area contributed by atoms with Crippen molar-refractivity contribution in [3.05, 3.63) is 28.8 Å². The van der Waals surface area contributed by atoms with Crippen LogP contribution in [0.4, 0.5) is 0 Å². The first kappa shape index (κ1) is 17.9. The molecule has 0 saturated carbocycles. The molecule has 21 heavy (non-hydrogen) atoms. The van der Waals surface area contributed by atoms with E-state index in [1.165, 1.54) is 11.8 Å². The highest BCUT2D eigenvalue weighted by Crippen LogP contribution is 2.26. The van der Waals surface area contributed by atoms with Crippen LogP contribution in [0.1, 0.15) is 43.5 Å². The summed E-state index contributed by atoms with van der Waals surface area (Å²) < 4.78 is 0. The Morgan fingerprint density at radius 1 is 1.38 bits per heavy atom. The molecule has 0 spiro atoms. The number of carboxylic acid groups (broad SMARTS) is 1. The second-order valence-electron chi connectivity index (χ2n) is 4.58. The summed E-state index contributed by atoms with van der Waals surface area (Å²) in [6.45, 7) is 3.96. The first-order chi connectivity index (χ1) is 9.99. The van der Waals surface area contributed by atoms with Crippen molar-refractivity contribution in [2.45, 2.75) is 44.0 Å². The molecular formula is C15H20ClNO3S. The van der Waals surface area contributed by atoms with Crippen molar-refractivity contribution in [1.82, 2.24) is 5.32 Å². The molecule has 1 amide bonds. The molecule has 0 aromatic heterocycles. The van der Waals surface area contributed by atoms with Gasteiger partial charge in [0.25, 0.3) is 5.91 Å². The van der Waals surface area contributed by atoms with Gasteiger partial charge in [0.15, 0.2) is 0 Å². The summed E-state index contributed by atoms with van der Waals surface area (Å²) in [6.07, 6.45) is 2.08. The molecule has 0 aliphatic rings. The summed E-state index contributed by atoms with van der Waals surface area (Å²) in [7, 11) is 0. The van der Waals surface area contributed by atoms with E-state index in [2.05, 4.69) is 5.32 Å². The van der Waals surface area contributed by atoms with Crippen LogP contribution in [0.3, 0.4) is 0 Å². The highest BCUT2D eigenvalue weighted by Gasteiger charge is 2.21. The summed E-state index contributed by atoms with van der Waals surface area (Å²) in [5, 5.41) is 12.3. The van der Waals surface area contributed by atoms with Crippen LogP contribution in [0.25, 0.3) is 0 Å². The minimum absolute atomic E-state index is 0.369. The molecule has 0 aliphatic heterocycles. The number of carbonyl (C=O) groups is 2.